The molecular weight excluding hydrogens is 346 g/mol. The summed E-state index contributed by atoms with van der Waals surface area (Å²) in [7, 11) is 1.57. The van der Waals surface area contributed by atoms with E-state index in [2.05, 4.69) is 16.0 Å². The highest BCUT2D eigenvalue weighted by Crippen LogP contribution is 2.15. The lowest BCUT2D eigenvalue weighted by Gasteiger charge is -2.08. The zero-order valence-electron chi connectivity index (χ0n) is 15.4. The highest BCUT2D eigenvalue weighted by atomic mass is 16.5. The molecule has 142 valence electrons. The molecule has 2 rings (SSSR count). The summed E-state index contributed by atoms with van der Waals surface area (Å²) in [4.78, 5) is 35.1. The molecule has 27 heavy (non-hydrogen) atoms. The number of carbonyl (C=O) groups is 3. The summed E-state index contributed by atoms with van der Waals surface area (Å²) in [6.45, 7) is 1.82. The average Bonchev–Trinajstić information content (AvgIpc) is 2.65. The summed E-state index contributed by atoms with van der Waals surface area (Å²) in [6, 6.07) is 13.7. The summed E-state index contributed by atoms with van der Waals surface area (Å²) >= 11 is 0. The predicted octanol–water partition coefficient (Wildman–Crippen LogP) is 2.80. The fourth-order valence-corrected chi connectivity index (χ4v) is 2.40. The van der Waals surface area contributed by atoms with Crippen molar-refractivity contribution in [2.24, 2.45) is 0 Å². The zero-order valence-corrected chi connectivity index (χ0v) is 15.4. The maximum Gasteiger partial charge on any atom is 0.251 e. The van der Waals surface area contributed by atoms with Crippen LogP contribution in [0.2, 0.25) is 0 Å². The van der Waals surface area contributed by atoms with Gasteiger partial charge in [-0.15, -0.1) is 0 Å². The van der Waals surface area contributed by atoms with E-state index in [-0.39, 0.29) is 24.1 Å². The van der Waals surface area contributed by atoms with Gasteiger partial charge in [-0.05, 0) is 48.9 Å². The highest BCUT2D eigenvalue weighted by Gasteiger charge is 2.07. The van der Waals surface area contributed by atoms with Gasteiger partial charge >= 0.3 is 0 Å². The Kier molecular flexibility index (Phi) is 7.37. The van der Waals surface area contributed by atoms with Gasteiger partial charge in [0, 0.05) is 36.8 Å². The lowest BCUT2D eigenvalue weighted by molar-refractivity contribution is -0.116. The van der Waals surface area contributed by atoms with E-state index < -0.39 is 0 Å². The van der Waals surface area contributed by atoms with Gasteiger partial charge in [0.25, 0.3) is 5.91 Å². The second kappa shape index (κ2) is 9.96. The van der Waals surface area contributed by atoms with Crippen LogP contribution in [-0.2, 0) is 9.59 Å². The van der Waals surface area contributed by atoms with Crippen LogP contribution in [0, 0.1) is 0 Å². The molecule has 0 fully saturated rings. The smallest absolute Gasteiger partial charge is 0.251 e. The van der Waals surface area contributed by atoms with Gasteiger partial charge in [0.05, 0.1) is 7.11 Å². The Bertz CT molecular complexity index is 803. The van der Waals surface area contributed by atoms with E-state index in [4.69, 9.17) is 4.74 Å². The third-order valence-electron chi connectivity index (χ3n) is 3.69. The minimum absolute atomic E-state index is 0.159. The van der Waals surface area contributed by atoms with Gasteiger partial charge in [0.1, 0.15) is 5.75 Å². The van der Waals surface area contributed by atoms with E-state index in [9.17, 15) is 14.4 Å². The molecule has 0 aromatic heterocycles. The Labute approximate surface area is 158 Å². The maximum absolute atomic E-state index is 12.0. The van der Waals surface area contributed by atoms with E-state index in [1.165, 1.54) is 6.92 Å². The SMILES string of the molecule is COc1ccc(C(=O)NCCCC(=O)Nc2cccc(NC(C)=O)c2)cc1. The molecule has 3 N–H and O–H groups in total. The van der Waals surface area contributed by atoms with Crippen molar-refractivity contribution in [2.45, 2.75) is 19.8 Å². The molecule has 7 heteroatoms. The minimum Gasteiger partial charge on any atom is -0.497 e. The fourth-order valence-electron chi connectivity index (χ4n) is 2.40. The van der Waals surface area contributed by atoms with Gasteiger partial charge in [-0.1, -0.05) is 6.07 Å². The average molecular weight is 369 g/mol. The molecule has 0 aliphatic heterocycles. The number of ether oxygens (including phenoxy) is 1. The van der Waals surface area contributed by atoms with Crippen LogP contribution in [0.1, 0.15) is 30.1 Å². The van der Waals surface area contributed by atoms with Crippen molar-refractivity contribution in [3.05, 3.63) is 54.1 Å². The molecule has 2 aromatic rings. The monoisotopic (exact) mass is 369 g/mol. The zero-order chi connectivity index (χ0) is 19.6. The van der Waals surface area contributed by atoms with E-state index in [1.807, 2.05) is 0 Å². The van der Waals surface area contributed by atoms with Gasteiger partial charge in [-0.2, -0.15) is 0 Å². The number of hydrogen-bond donors (Lipinski definition) is 3. The first-order chi connectivity index (χ1) is 13.0. The molecule has 0 aliphatic carbocycles. The number of rotatable bonds is 8. The third-order valence-corrected chi connectivity index (χ3v) is 3.69. The van der Waals surface area contributed by atoms with Crippen LogP contribution in [0.3, 0.4) is 0 Å². The second-order valence-corrected chi connectivity index (χ2v) is 5.90. The molecule has 7 nitrogen and oxygen atoms in total. The van der Waals surface area contributed by atoms with E-state index in [0.717, 1.165) is 0 Å². The van der Waals surface area contributed by atoms with Crippen LogP contribution in [-0.4, -0.2) is 31.4 Å². The standard InChI is InChI=1S/C20H23N3O4/c1-14(24)22-16-5-3-6-17(13-16)23-19(25)7-4-12-21-20(26)15-8-10-18(27-2)11-9-15/h3,5-6,8-11,13H,4,7,12H2,1-2H3,(H,21,26)(H,22,24)(H,23,25). The quantitative estimate of drug-likeness (QED) is 0.624. The number of amides is 3. The summed E-state index contributed by atoms with van der Waals surface area (Å²) in [5.41, 5.74) is 1.76. The Balaban J connectivity index is 1.72. The number of methoxy groups -OCH3 is 1. The van der Waals surface area contributed by atoms with E-state index >= 15 is 0 Å². The molecule has 0 unspecified atom stereocenters. The Hall–Kier alpha value is -3.35. The van der Waals surface area contributed by atoms with Crippen LogP contribution in [0.5, 0.6) is 5.75 Å². The Morgan fingerprint density at radius 1 is 0.963 bits per heavy atom. The Morgan fingerprint density at radius 2 is 1.63 bits per heavy atom. The van der Waals surface area contributed by atoms with Crippen molar-refractivity contribution in [3.8, 4) is 5.75 Å². The summed E-state index contributed by atoms with van der Waals surface area (Å²) in [6.07, 6.45) is 0.784. The molecule has 0 spiro atoms. The van der Waals surface area contributed by atoms with Crippen molar-refractivity contribution in [1.29, 1.82) is 0 Å². The molecule has 0 aliphatic rings. The number of carbonyl (C=O) groups excluding carboxylic acids is 3. The number of nitrogens with one attached hydrogen (secondary N) is 3. The van der Waals surface area contributed by atoms with Gasteiger partial charge in [0.15, 0.2) is 0 Å². The molecule has 0 radical (unpaired) electrons. The van der Waals surface area contributed by atoms with Crippen LogP contribution < -0.4 is 20.7 Å². The van der Waals surface area contributed by atoms with Crippen LogP contribution in [0.15, 0.2) is 48.5 Å². The molecule has 2 aromatic carbocycles. The van der Waals surface area contributed by atoms with Gasteiger partial charge in [-0.25, -0.2) is 0 Å². The van der Waals surface area contributed by atoms with Crippen LogP contribution in [0.4, 0.5) is 11.4 Å². The molecule has 0 atom stereocenters. The summed E-state index contributed by atoms with van der Waals surface area (Å²) < 4.78 is 5.05. The molecule has 3 amide bonds. The topological polar surface area (TPSA) is 96.5 Å². The lowest BCUT2D eigenvalue weighted by Crippen LogP contribution is -2.25. The molecule has 0 heterocycles. The van der Waals surface area contributed by atoms with Gasteiger partial charge < -0.3 is 20.7 Å². The summed E-state index contributed by atoms with van der Waals surface area (Å²) in [5.74, 6) is 0.159. The predicted molar refractivity (Wildman–Crippen MR) is 104 cm³/mol. The molecule has 0 saturated carbocycles. The second-order valence-electron chi connectivity index (χ2n) is 5.90. The van der Waals surface area contributed by atoms with Crippen molar-refractivity contribution >= 4 is 29.1 Å². The van der Waals surface area contributed by atoms with Crippen molar-refractivity contribution in [2.75, 3.05) is 24.3 Å². The Morgan fingerprint density at radius 3 is 2.26 bits per heavy atom. The van der Waals surface area contributed by atoms with Gasteiger partial charge in [0.2, 0.25) is 11.8 Å². The molecule has 0 saturated heterocycles. The third kappa shape index (κ3) is 6.81. The molecule has 0 bridgehead atoms. The maximum atomic E-state index is 12.0. The van der Waals surface area contributed by atoms with E-state index in [0.29, 0.717) is 35.7 Å². The van der Waals surface area contributed by atoms with Crippen molar-refractivity contribution in [1.82, 2.24) is 5.32 Å². The first-order valence-corrected chi connectivity index (χ1v) is 8.57. The normalized spacial score (nSPS) is 10.0. The fraction of sp³-hybridized carbons (Fsp3) is 0.250. The number of anilines is 2. The minimum atomic E-state index is -0.193. The number of benzene rings is 2. The first-order valence-electron chi connectivity index (χ1n) is 8.57. The largest absolute Gasteiger partial charge is 0.497 e. The van der Waals surface area contributed by atoms with Crippen molar-refractivity contribution < 1.29 is 19.1 Å². The lowest BCUT2D eigenvalue weighted by atomic mass is 10.2. The van der Waals surface area contributed by atoms with Crippen molar-refractivity contribution in [3.63, 3.8) is 0 Å². The van der Waals surface area contributed by atoms with Gasteiger partial charge in [-0.3, -0.25) is 14.4 Å². The highest BCUT2D eigenvalue weighted by molar-refractivity contribution is 5.95. The first kappa shape index (κ1) is 20.0. The number of hydrogen-bond acceptors (Lipinski definition) is 4. The van der Waals surface area contributed by atoms with E-state index in [1.54, 1.807) is 55.6 Å². The molecular formula is C20H23N3O4. The van der Waals surface area contributed by atoms with Crippen LogP contribution >= 0.6 is 0 Å². The summed E-state index contributed by atoms with van der Waals surface area (Å²) in [5, 5.41) is 8.21. The van der Waals surface area contributed by atoms with Crippen LogP contribution in [0.25, 0.3) is 0 Å².